The number of anilines is 1. The lowest BCUT2D eigenvalue weighted by atomic mass is 10.1. The fraction of sp³-hybridized carbons (Fsp3) is 0.500. The molecule has 24 heavy (non-hydrogen) atoms. The quantitative estimate of drug-likeness (QED) is 0.277. The van der Waals surface area contributed by atoms with E-state index in [0.717, 1.165) is 0 Å². The molecule has 0 aliphatic carbocycles. The molecule has 0 amide bonds. The fourth-order valence-electron chi connectivity index (χ4n) is 1.66. The fourth-order valence-corrected chi connectivity index (χ4v) is 1.86. The van der Waals surface area contributed by atoms with Gasteiger partial charge in [-0.3, -0.25) is 18.9 Å². The molecule has 1 aliphatic heterocycles. The Morgan fingerprint density at radius 3 is 3.17 bits per heavy atom. The van der Waals surface area contributed by atoms with Gasteiger partial charge in [0.1, 0.15) is 19.6 Å². The first-order valence-electron chi connectivity index (χ1n) is 11.4. The minimum absolute atomic E-state index is 0.0373. The molecule has 0 aromatic carbocycles. The summed E-state index contributed by atoms with van der Waals surface area (Å²) in [4.78, 5) is 37.4. The second-order valence-electron chi connectivity index (χ2n) is 4.13. The van der Waals surface area contributed by atoms with Crippen LogP contribution in [0.2, 0.25) is 4.24 Å². The molecule has 1 aliphatic rings. The maximum Gasteiger partial charge on any atom is 0.469 e. The van der Waals surface area contributed by atoms with Crippen molar-refractivity contribution in [1.82, 2.24) is 19.5 Å². The van der Waals surface area contributed by atoms with Crippen LogP contribution < -0.4 is 11.3 Å². The number of aromatic nitrogens is 4. The van der Waals surface area contributed by atoms with Gasteiger partial charge in [0.15, 0.2) is 21.6 Å². The summed E-state index contributed by atoms with van der Waals surface area (Å²) in [6.07, 6.45) is -17.2. The zero-order valence-corrected chi connectivity index (χ0v) is 11.9. The van der Waals surface area contributed by atoms with Crippen molar-refractivity contribution in [2.24, 2.45) is 0 Å². The molecule has 3 heterocycles. The molecule has 0 spiro atoms. The molecular formula is C10H14N5O8P. The van der Waals surface area contributed by atoms with Gasteiger partial charge in [-0.05, 0) is 0 Å². The zero-order valence-electron chi connectivity index (χ0n) is 23.0. The van der Waals surface area contributed by atoms with Crippen LogP contribution in [0.25, 0.3) is 11.2 Å². The highest BCUT2D eigenvalue weighted by atomic mass is 31.2. The number of nitrogens with two attached hydrogens (primary N) is 1. The highest BCUT2D eigenvalue weighted by molar-refractivity contribution is 7.46. The van der Waals surface area contributed by atoms with E-state index in [0.29, 0.717) is 0 Å². The number of hydrogen-bond acceptors (Lipinski definition) is 9. The number of H-pyrrole nitrogens is 1. The summed E-state index contributed by atoms with van der Waals surface area (Å²) in [6.45, 7) is -4.20. The first-order valence-corrected chi connectivity index (χ1v) is 7.26. The predicted molar refractivity (Wildman–Crippen MR) is 76.5 cm³/mol. The summed E-state index contributed by atoms with van der Waals surface area (Å²) in [5, 5.41) is 8.04. The second kappa shape index (κ2) is 5.89. The van der Waals surface area contributed by atoms with Crippen LogP contribution in [0.4, 0.5) is 5.95 Å². The van der Waals surface area contributed by atoms with Crippen LogP contribution >= 0.6 is 7.82 Å². The number of aliphatic hydroxyl groups is 2. The Hall–Kier alpha value is -1.86. The Morgan fingerprint density at radius 1 is 1.71 bits per heavy atom. The molecule has 7 N–H and O–H groups in total. The number of nitrogens with zero attached hydrogens (tertiary/aromatic N) is 3. The van der Waals surface area contributed by atoms with Crippen molar-refractivity contribution < 1.29 is 47.7 Å². The third-order valence-electron chi connectivity index (χ3n) is 2.56. The monoisotopic (exact) mass is 375 g/mol. The minimum atomic E-state index is -5.85. The van der Waals surface area contributed by atoms with E-state index < -0.39 is 67.8 Å². The van der Waals surface area contributed by atoms with Crippen LogP contribution in [0.1, 0.15) is 15.8 Å². The number of phosphoric acid groups is 1. The molecule has 132 valence electrons. The van der Waals surface area contributed by atoms with Crippen LogP contribution in [0.5, 0.6) is 0 Å². The molecule has 1 fully saturated rings. The van der Waals surface area contributed by atoms with E-state index in [1.807, 2.05) is 0 Å². The van der Waals surface area contributed by atoms with Crippen molar-refractivity contribution in [3.63, 3.8) is 0 Å². The van der Waals surface area contributed by atoms with Gasteiger partial charge in [0.2, 0.25) is 8.81 Å². The smallest absolute Gasteiger partial charge is 0.387 e. The number of ether oxygens (including phenoxy) is 1. The summed E-state index contributed by atoms with van der Waals surface area (Å²) in [5.74, 6) is -1.08. The third-order valence-corrected chi connectivity index (χ3v) is 2.89. The van der Waals surface area contributed by atoms with Gasteiger partial charge in [-0.2, -0.15) is 4.98 Å². The number of imidazole rings is 1. The van der Waals surface area contributed by atoms with Crippen molar-refractivity contribution in [2.45, 2.75) is 24.4 Å². The van der Waals surface area contributed by atoms with E-state index in [1.54, 1.807) is 0 Å². The second-order valence-corrected chi connectivity index (χ2v) is 5.29. The van der Waals surface area contributed by atoms with Gasteiger partial charge in [-0.25, -0.2) is 9.55 Å². The van der Waals surface area contributed by atoms with Gasteiger partial charge < -0.3 is 30.5 Å². The van der Waals surface area contributed by atoms with E-state index >= 15 is 0 Å². The molecule has 4 atom stereocenters. The van der Waals surface area contributed by atoms with Gasteiger partial charge in [0.05, 0.1) is 21.1 Å². The van der Waals surface area contributed by atoms with Crippen molar-refractivity contribution in [3.05, 3.63) is 16.7 Å². The topological polar surface area (TPSA) is 206 Å². The summed E-state index contributed by atoms with van der Waals surface area (Å²) < 4.78 is 114. The van der Waals surface area contributed by atoms with Crippen LogP contribution in [0.15, 0.2) is 11.1 Å². The van der Waals surface area contributed by atoms with Crippen LogP contribution in [0.3, 0.4) is 0 Å². The molecule has 1 saturated heterocycles. The highest BCUT2D eigenvalue weighted by Crippen LogP contribution is 2.38. The van der Waals surface area contributed by atoms with E-state index in [4.69, 9.17) is 31.2 Å². The van der Waals surface area contributed by atoms with E-state index in [-0.39, 0.29) is 15.3 Å². The van der Waals surface area contributed by atoms with E-state index in [1.165, 1.54) is 0 Å². The molecule has 0 bridgehead atoms. The molecule has 2 aromatic rings. The van der Waals surface area contributed by atoms with E-state index in [2.05, 4.69) is 24.7 Å². The number of rotatable bonds is 7. The van der Waals surface area contributed by atoms with Crippen LogP contribution in [0, 0.1) is 0 Å². The minimum Gasteiger partial charge on any atom is -0.387 e. The van der Waals surface area contributed by atoms with Crippen LogP contribution in [-0.2, 0) is 13.8 Å². The third kappa shape index (κ3) is 3.06. The summed E-state index contributed by atoms with van der Waals surface area (Å²) >= 11 is 0. The van der Waals surface area contributed by atoms with Crippen molar-refractivity contribution in [2.75, 3.05) is 12.3 Å². The molecule has 2 aromatic heterocycles. The van der Waals surface area contributed by atoms with Crippen molar-refractivity contribution in [1.29, 1.82) is 2.86 Å². The number of fused-ring (bicyclic) bond motifs is 1. The molecule has 0 saturated carbocycles. The largest absolute Gasteiger partial charge is 0.469 e. The zero-order chi connectivity index (χ0) is 27.9. The van der Waals surface area contributed by atoms with Gasteiger partial charge in [-0.1, -0.05) is 0 Å². The lowest BCUT2D eigenvalue weighted by Crippen LogP contribution is -2.33. The lowest BCUT2D eigenvalue weighted by Gasteiger charge is -2.16. The normalized spacial score (nSPS) is 47.6. The Bertz CT molecular complexity index is 1320. The van der Waals surface area contributed by atoms with E-state index in [9.17, 15) is 9.36 Å². The van der Waals surface area contributed by atoms with Gasteiger partial charge in [0, 0.05) is 0 Å². The number of phosphoric ester groups is 1. The van der Waals surface area contributed by atoms with Gasteiger partial charge in [0.25, 0.3) is 5.56 Å². The number of aromatic amines is 1. The van der Waals surface area contributed by atoms with Crippen molar-refractivity contribution >= 4 is 24.9 Å². The number of nitrogens with one attached hydrogen (secondary N) is 1. The Labute approximate surface area is 150 Å². The Kier molecular flexibility index (Phi) is 1.86. The number of hydrogen-bond donors (Lipinski definition) is 6. The first-order chi connectivity index (χ1) is 16.2. The Balaban J connectivity index is 2.45. The Morgan fingerprint density at radius 2 is 2.50 bits per heavy atom. The predicted octanol–water partition coefficient (Wildman–Crippen LogP) is -2.57. The maximum absolute atomic E-state index is 12.5. The lowest BCUT2D eigenvalue weighted by molar-refractivity contribution is -0.0503. The van der Waals surface area contributed by atoms with Gasteiger partial charge >= 0.3 is 7.82 Å². The molecule has 0 radical (unpaired) electrons. The summed E-state index contributed by atoms with van der Waals surface area (Å²) in [5.41, 5.74) is -3.73. The maximum atomic E-state index is 12.5. The summed E-state index contributed by atoms with van der Waals surface area (Å²) in [6, 6.07) is 0. The van der Waals surface area contributed by atoms with Crippen molar-refractivity contribution in [3.8, 4) is 0 Å². The molecule has 14 heteroatoms. The molecule has 1 unspecified atom stereocenters. The summed E-state index contributed by atoms with van der Waals surface area (Å²) in [7, 11) is -5.85. The average Bonchev–Trinajstić information content (AvgIpc) is 3.14. The SMILES string of the molecule is [2H]OC1([2H])[C@]([2H])(n2c([2H])nc3c(=O)n([2H])c(N([2H])[2H])nc32)O[C@]([2H])(C([2H])([2H])OP(=O)(O)O)[C@@]1([2H])O[2H]. The van der Waals surface area contributed by atoms with Crippen LogP contribution in [-0.4, -0.2) is 67.2 Å². The molecule has 3 rings (SSSR count). The highest BCUT2D eigenvalue weighted by Gasteiger charge is 2.45. The molecular weight excluding hydrogens is 349 g/mol. The average molecular weight is 375 g/mol. The number of nitrogen functional groups attached to an aromatic ring is 1. The van der Waals surface area contributed by atoms with Gasteiger partial charge in [-0.15, -0.1) is 0 Å². The molecule has 13 nitrogen and oxygen atoms in total. The first kappa shape index (κ1) is 7.58. The standard InChI is InChI=1S/C10H14N5O8P/c11-10-13-7-4(8(18)14-10)12-2-15(7)9-6(17)5(16)3(23-9)1-22-24(19,20)21/h2-3,5-6,9,16-17H,1H2,(H2,19,20,21)(H3,11,13,14,18)/t3-,5-,6?,9-/m1/s1/i1D2,2D,3D,5D,6D,9D,16D,17D/hD3.